The predicted octanol–water partition coefficient (Wildman–Crippen LogP) is 2.16. The van der Waals surface area contributed by atoms with Crippen molar-refractivity contribution in [1.82, 2.24) is 20.0 Å². The van der Waals surface area contributed by atoms with Crippen LogP contribution >= 0.6 is 0 Å². The van der Waals surface area contributed by atoms with E-state index in [4.69, 9.17) is 4.74 Å². The van der Waals surface area contributed by atoms with Crippen LogP contribution in [0.1, 0.15) is 29.2 Å². The van der Waals surface area contributed by atoms with Crippen LogP contribution in [0.15, 0.2) is 36.4 Å². The molecule has 0 radical (unpaired) electrons. The van der Waals surface area contributed by atoms with Gasteiger partial charge in [-0.3, -0.25) is 4.79 Å². The Morgan fingerprint density at radius 1 is 1.27 bits per heavy atom. The maximum Gasteiger partial charge on any atom is 0.233 e. The van der Waals surface area contributed by atoms with Crippen molar-refractivity contribution in [1.29, 1.82) is 0 Å². The maximum atomic E-state index is 12.3. The zero-order valence-corrected chi connectivity index (χ0v) is 14.3. The number of nitrogens with zero attached hydrogens (tertiary/aromatic N) is 4. The third-order valence-electron chi connectivity index (χ3n) is 4.43. The minimum absolute atomic E-state index is 0.117. The van der Waals surface area contributed by atoms with Crippen LogP contribution in [0.25, 0.3) is 5.82 Å². The molecule has 0 bridgehead atoms. The number of nitrogens with one attached hydrogen (secondary N) is 1. The first kappa shape index (κ1) is 16.1. The number of carbonyl (C=O) groups excluding carboxylic acids is 1. The number of fused-ring (bicyclic) bond motifs is 1. The molecule has 0 aliphatic carbocycles. The van der Waals surface area contributed by atoms with Crippen LogP contribution in [-0.2, 0) is 4.79 Å². The molecule has 0 unspecified atom stereocenters. The fraction of sp³-hybridized carbons (Fsp3) is 0.222. The standard InChI is InChI=1S/C18H17N5O3/c1-10-17-13(11-4-3-5-12(24)8-11)9-15(25)19-18(17)23(22-10)14-6-7-16(26-2)21-20-14/h3-8,13,24H,9H2,1-2H3,(H,19,25)/t13-/m1/s1. The second kappa shape index (κ2) is 6.14. The summed E-state index contributed by atoms with van der Waals surface area (Å²) in [6.45, 7) is 1.89. The monoisotopic (exact) mass is 351 g/mol. The molecule has 132 valence electrons. The minimum atomic E-state index is -0.189. The second-order valence-electron chi connectivity index (χ2n) is 6.09. The van der Waals surface area contributed by atoms with E-state index in [1.165, 1.54) is 7.11 Å². The van der Waals surface area contributed by atoms with Crippen LogP contribution in [0.3, 0.4) is 0 Å². The largest absolute Gasteiger partial charge is 0.508 e. The van der Waals surface area contributed by atoms with Gasteiger partial charge in [-0.15, -0.1) is 10.2 Å². The minimum Gasteiger partial charge on any atom is -0.508 e. The van der Waals surface area contributed by atoms with E-state index in [2.05, 4.69) is 20.6 Å². The summed E-state index contributed by atoms with van der Waals surface area (Å²) in [6.07, 6.45) is 0.289. The van der Waals surface area contributed by atoms with Crippen LogP contribution < -0.4 is 10.1 Å². The molecule has 0 saturated carbocycles. The van der Waals surface area contributed by atoms with Gasteiger partial charge in [0.1, 0.15) is 11.6 Å². The zero-order chi connectivity index (χ0) is 18.3. The number of anilines is 1. The predicted molar refractivity (Wildman–Crippen MR) is 93.6 cm³/mol. The molecule has 0 spiro atoms. The van der Waals surface area contributed by atoms with Crippen molar-refractivity contribution in [3.8, 4) is 17.4 Å². The Balaban J connectivity index is 1.84. The number of phenolic OH excluding ortho intramolecular Hbond substituents is 1. The van der Waals surface area contributed by atoms with E-state index >= 15 is 0 Å². The third kappa shape index (κ3) is 2.65. The maximum absolute atomic E-state index is 12.3. The van der Waals surface area contributed by atoms with Gasteiger partial charge in [0, 0.05) is 24.0 Å². The number of aromatic nitrogens is 4. The number of ether oxygens (including phenoxy) is 1. The third-order valence-corrected chi connectivity index (χ3v) is 4.43. The fourth-order valence-electron chi connectivity index (χ4n) is 3.27. The molecule has 1 aromatic carbocycles. The lowest BCUT2D eigenvalue weighted by Crippen LogP contribution is -2.25. The van der Waals surface area contributed by atoms with Crippen molar-refractivity contribution in [2.45, 2.75) is 19.3 Å². The number of amides is 1. The molecule has 8 nitrogen and oxygen atoms in total. The molecular weight excluding hydrogens is 334 g/mol. The number of phenols is 1. The lowest BCUT2D eigenvalue weighted by atomic mass is 9.86. The zero-order valence-electron chi connectivity index (χ0n) is 14.3. The normalized spacial score (nSPS) is 16.1. The number of rotatable bonds is 3. The molecule has 0 saturated heterocycles. The summed E-state index contributed by atoms with van der Waals surface area (Å²) in [5, 5.41) is 25.3. The molecular formula is C18H17N5O3. The van der Waals surface area contributed by atoms with E-state index in [0.717, 1.165) is 16.8 Å². The molecule has 1 atom stereocenters. The first-order chi connectivity index (χ1) is 12.6. The summed E-state index contributed by atoms with van der Waals surface area (Å²) in [5.74, 6) is 1.31. The number of benzene rings is 1. The van der Waals surface area contributed by atoms with Crippen molar-refractivity contribution >= 4 is 11.7 Å². The molecule has 26 heavy (non-hydrogen) atoms. The number of hydrogen-bond donors (Lipinski definition) is 2. The van der Waals surface area contributed by atoms with Crippen LogP contribution in [0.2, 0.25) is 0 Å². The summed E-state index contributed by atoms with van der Waals surface area (Å²) in [7, 11) is 1.52. The number of aryl methyl sites for hydroxylation is 1. The summed E-state index contributed by atoms with van der Waals surface area (Å²) < 4.78 is 6.60. The molecule has 4 rings (SSSR count). The van der Waals surface area contributed by atoms with Gasteiger partial charge in [-0.25, -0.2) is 0 Å². The lowest BCUT2D eigenvalue weighted by Gasteiger charge is -2.24. The molecule has 3 heterocycles. The fourth-order valence-corrected chi connectivity index (χ4v) is 3.27. The summed E-state index contributed by atoms with van der Waals surface area (Å²) in [4.78, 5) is 12.3. The van der Waals surface area contributed by atoms with Gasteiger partial charge in [0.15, 0.2) is 5.82 Å². The van der Waals surface area contributed by atoms with Gasteiger partial charge in [0.2, 0.25) is 11.8 Å². The highest BCUT2D eigenvalue weighted by molar-refractivity contribution is 5.95. The topological polar surface area (TPSA) is 102 Å². The summed E-state index contributed by atoms with van der Waals surface area (Å²) in [6, 6.07) is 10.4. The SMILES string of the molecule is COc1ccc(-n2nc(C)c3c2NC(=O)C[C@@H]3c2cccc(O)c2)nn1. The Morgan fingerprint density at radius 2 is 2.12 bits per heavy atom. The van der Waals surface area contributed by atoms with Crippen LogP contribution in [-0.4, -0.2) is 38.1 Å². The van der Waals surface area contributed by atoms with Crippen molar-refractivity contribution in [3.63, 3.8) is 0 Å². The Labute approximate surface area is 149 Å². The van der Waals surface area contributed by atoms with Crippen molar-refractivity contribution in [2.24, 2.45) is 0 Å². The molecule has 1 aliphatic rings. The smallest absolute Gasteiger partial charge is 0.233 e. The van der Waals surface area contributed by atoms with E-state index in [-0.39, 0.29) is 24.0 Å². The average Bonchev–Trinajstić information content (AvgIpc) is 2.97. The van der Waals surface area contributed by atoms with E-state index in [9.17, 15) is 9.90 Å². The van der Waals surface area contributed by atoms with Gasteiger partial charge < -0.3 is 15.2 Å². The van der Waals surface area contributed by atoms with Crippen molar-refractivity contribution < 1.29 is 14.6 Å². The van der Waals surface area contributed by atoms with Crippen molar-refractivity contribution in [3.05, 3.63) is 53.2 Å². The quantitative estimate of drug-likeness (QED) is 0.750. The highest BCUT2D eigenvalue weighted by Gasteiger charge is 2.33. The van der Waals surface area contributed by atoms with Gasteiger partial charge in [-0.2, -0.15) is 9.78 Å². The first-order valence-electron chi connectivity index (χ1n) is 8.13. The number of aromatic hydroxyl groups is 1. The Kier molecular flexibility index (Phi) is 3.80. The van der Waals surface area contributed by atoms with Gasteiger partial charge in [-0.1, -0.05) is 12.1 Å². The van der Waals surface area contributed by atoms with Crippen molar-refractivity contribution in [2.75, 3.05) is 12.4 Å². The second-order valence-corrected chi connectivity index (χ2v) is 6.09. The molecule has 0 fully saturated rings. The summed E-state index contributed by atoms with van der Waals surface area (Å²) in [5.41, 5.74) is 2.56. The Morgan fingerprint density at radius 3 is 2.81 bits per heavy atom. The van der Waals surface area contributed by atoms with Gasteiger partial charge in [0.05, 0.1) is 12.8 Å². The number of carbonyl (C=O) groups is 1. The van der Waals surface area contributed by atoms with E-state index in [1.807, 2.05) is 13.0 Å². The Hall–Kier alpha value is -3.42. The molecule has 1 aliphatic heterocycles. The lowest BCUT2D eigenvalue weighted by molar-refractivity contribution is -0.116. The van der Waals surface area contributed by atoms with Crippen LogP contribution in [0.4, 0.5) is 5.82 Å². The molecule has 3 aromatic rings. The summed E-state index contributed by atoms with van der Waals surface area (Å²) >= 11 is 0. The van der Waals surface area contributed by atoms with E-state index in [0.29, 0.717) is 17.5 Å². The Bertz CT molecular complexity index is 981. The molecule has 8 heteroatoms. The average molecular weight is 351 g/mol. The molecule has 2 aromatic heterocycles. The van der Waals surface area contributed by atoms with Gasteiger partial charge in [0.25, 0.3) is 0 Å². The first-order valence-corrected chi connectivity index (χ1v) is 8.13. The van der Waals surface area contributed by atoms with Crippen LogP contribution in [0, 0.1) is 6.92 Å². The highest BCUT2D eigenvalue weighted by atomic mass is 16.5. The molecule has 2 N–H and O–H groups in total. The van der Waals surface area contributed by atoms with E-state index < -0.39 is 0 Å². The van der Waals surface area contributed by atoms with Gasteiger partial charge in [-0.05, 0) is 30.7 Å². The number of methoxy groups -OCH3 is 1. The number of hydrogen-bond acceptors (Lipinski definition) is 6. The van der Waals surface area contributed by atoms with Gasteiger partial charge >= 0.3 is 0 Å². The van der Waals surface area contributed by atoms with E-state index in [1.54, 1.807) is 35.0 Å². The molecule has 1 amide bonds. The highest BCUT2D eigenvalue weighted by Crippen LogP contribution is 2.40. The van der Waals surface area contributed by atoms with Crippen LogP contribution in [0.5, 0.6) is 11.6 Å².